The number of benzene rings is 1. The van der Waals surface area contributed by atoms with E-state index in [2.05, 4.69) is 5.32 Å². The predicted molar refractivity (Wildman–Crippen MR) is 97.4 cm³/mol. The summed E-state index contributed by atoms with van der Waals surface area (Å²) in [5, 5.41) is 12.3. The first-order valence-corrected chi connectivity index (χ1v) is 8.95. The van der Waals surface area contributed by atoms with E-state index < -0.39 is 17.4 Å². The van der Waals surface area contributed by atoms with Crippen LogP contribution in [0.5, 0.6) is 0 Å². The van der Waals surface area contributed by atoms with E-state index in [0.717, 1.165) is 15.3 Å². The number of rotatable bonds is 2. The Labute approximate surface area is 159 Å². The number of nitrogens with zero attached hydrogens (tertiary/aromatic N) is 2. The number of amides is 3. The van der Waals surface area contributed by atoms with Crippen LogP contribution in [0.15, 0.2) is 18.2 Å². The van der Waals surface area contributed by atoms with Gasteiger partial charge in [0, 0.05) is 16.8 Å². The van der Waals surface area contributed by atoms with Crippen molar-refractivity contribution in [3.8, 4) is 16.5 Å². The van der Waals surface area contributed by atoms with Gasteiger partial charge in [0.15, 0.2) is 0 Å². The van der Waals surface area contributed by atoms with Crippen molar-refractivity contribution in [1.82, 2.24) is 10.2 Å². The van der Waals surface area contributed by atoms with E-state index >= 15 is 0 Å². The quantitative estimate of drug-likeness (QED) is 0.834. The molecule has 1 atom stereocenters. The van der Waals surface area contributed by atoms with Crippen LogP contribution in [0, 0.1) is 24.1 Å². The molecule has 1 saturated heterocycles. The zero-order valence-electron chi connectivity index (χ0n) is 14.3. The van der Waals surface area contributed by atoms with Gasteiger partial charge >= 0.3 is 6.03 Å². The molecule has 26 heavy (non-hydrogen) atoms. The van der Waals surface area contributed by atoms with E-state index in [1.165, 1.54) is 30.5 Å². The molecule has 134 valence electrons. The van der Waals surface area contributed by atoms with E-state index in [0.29, 0.717) is 15.5 Å². The maximum atomic E-state index is 13.6. The molecular weight excluding hydrogens is 377 g/mol. The van der Waals surface area contributed by atoms with E-state index in [9.17, 15) is 14.0 Å². The average Bonchev–Trinajstić information content (AvgIpc) is 2.89. The molecule has 0 bridgehead atoms. The van der Waals surface area contributed by atoms with Gasteiger partial charge in [-0.15, -0.1) is 11.3 Å². The fraction of sp³-hybridized carbons (Fsp3) is 0.278. The Bertz CT molecular complexity index is 962. The Morgan fingerprint density at radius 3 is 2.73 bits per heavy atom. The third kappa shape index (κ3) is 2.85. The summed E-state index contributed by atoms with van der Waals surface area (Å²) >= 11 is 7.84. The van der Waals surface area contributed by atoms with Crippen LogP contribution in [-0.4, -0.2) is 23.9 Å². The van der Waals surface area contributed by atoms with Crippen LogP contribution < -0.4 is 5.32 Å². The minimum Gasteiger partial charge on any atom is -0.327 e. The second-order valence-corrected chi connectivity index (χ2v) is 7.80. The van der Waals surface area contributed by atoms with Crippen molar-refractivity contribution in [2.24, 2.45) is 0 Å². The molecule has 5 nitrogen and oxygen atoms in total. The van der Waals surface area contributed by atoms with Gasteiger partial charge in [-0.2, -0.15) is 5.26 Å². The SMILES string of the molecule is Cc1c(-c2ccc(F)c(C#N)c2)sc([C@]2(C)CC(=O)N(C)C(=O)N2)c1Cl. The first-order valence-electron chi connectivity index (χ1n) is 7.76. The van der Waals surface area contributed by atoms with Gasteiger partial charge < -0.3 is 5.32 Å². The molecule has 2 heterocycles. The normalized spacial score (nSPS) is 20.1. The molecule has 1 aromatic heterocycles. The Kier molecular flexibility index (Phi) is 4.51. The highest BCUT2D eigenvalue weighted by Gasteiger charge is 2.42. The van der Waals surface area contributed by atoms with Crippen LogP contribution in [0.3, 0.4) is 0 Å². The molecule has 0 spiro atoms. The molecule has 3 rings (SSSR count). The van der Waals surface area contributed by atoms with Gasteiger partial charge in [0.25, 0.3) is 0 Å². The van der Waals surface area contributed by atoms with Gasteiger partial charge in [0.05, 0.1) is 22.5 Å². The van der Waals surface area contributed by atoms with Gasteiger partial charge in [-0.05, 0) is 37.1 Å². The van der Waals surface area contributed by atoms with E-state index in [4.69, 9.17) is 16.9 Å². The maximum Gasteiger partial charge on any atom is 0.324 e. The van der Waals surface area contributed by atoms with Crippen LogP contribution in [-0.2, 0) is 10.3 Å². The van der Waals surface area contributed by atoms with Crippen LogP contribution in [0.1, 0.15) is 29.3 Å². The van der Waals surface area contributed by atoms with Gasteiger partial charge in [0.1, 0.15) is 11.9 Å². The number of thiophene rings is 1. The molecule has 0 saturated carbocycles. The van der Waals surface area contributed by atoms with Crippen LogP contribution in [0.25, 0.3) is 10.4 Å². The molecule has 1 aromatic carbocycles. The molecule has 1 fully saturated rings. The number of urea groups is 1. The van der Waals surface area contributed by atoms with Crippen molar-refractivity contribution in [3.05, 3.63) is 45.0 Å². The molecule has 3 amide bonds. The fourth-order valence-corrected chi connectivity index (χ4v) is 4.68. The van der Waals surface area contributed by atoms with Crippen LogP contribution >= 0.6 is 22.9 Å². The Hall–Kier alpha value is -2.43. The Morgan fingerprint density at radius 1 is 1.42 bits per heavy atom. The summed E-state index contributed by atoms with van der Waals surface area (Å²) in [4.78, 5) is 26.7. The smallest absolute Gasteiger partial charge is 0.324 e. The zero-order chi connectivity index (χ0) is 19.2. The van der Waals surface area contributed by atoms with E-state index in [-0.39, 0.29) is 17.9 Å². The van der Waals surface area contributed by atoms with Gasteiger partial charge in [0.2, 0.25) is 5.91 Å². The highest BCUT2D eigenvalue weighted by molar-refractivity contribution is 7.16. The summed E-state index contributed by atoms with van der Waals surface area (Å²) < 4.78 is 13.6. The molecule has 2 aromatic rings. The van der Waals surface area contributed by atoms with Crippen molar-refractivity contribution >= 4 is 34.9 Å². The van der Waals surface area contributed by atoms with Crippen LogP contribution in [0.2, 0.25) is 5.02 Å². The minimum atomic E-state index is -0.927. The monoisotopic (exact) mass is 391 g/mol. The van der Waals surface area contributed by atoms with Crippen molar-refractivity contribution in [2.75, 3.05) is 7.05 Å². The van der Waals surface area contributed by atoms with Crippen molar-refractivity contribution in [3.63, 3.8) is 0 Å². The maximum absolute atomic E-state index is 13.6. The molecular formula is C18H15ClFN3O2S. The number of imide groups is 1. The summed E-state index contributed by atoms with van der Waals surface area (Å²) in [6.07, 6.45) is 0.0845. The first kappa shape index (κ1) is 18.4. The Balaban J connectivity index is 2.10. The number of halogens is 2. The average molecular weight is 392 g/mol. The van der Waals surface area contributed by atoms with Gasteiger partial charge in [-0.1, -0.05) is 17.7 Å². The van der Waals surface area contributed by atoms with Gasteiger partial charge in [-0.25, -0.2) is 9.18 Å². The minimum absolute atomic E-state index is 0.0537. The molecule has 0 radical (unpaired) electrons. The summed E-state index contributed by atoms with van der Waals surface area (Å²) in [5.74, 6) is -0.884. The van der Waals surface area contributed by atoms with Crippen molar-refractivity contribution in [2.45, 2.75) is 25.8 Å². The lowest BCUT2D eigenvalue weighted by molar-refractivity contribution is -0.130. The number of nitrogens with one attached hydrogen (secondary N) is 1. The molecule has 8 heteroatoms. The van der Waals surface area contributed by atoms with Gasteiger partial charge in [-0.3, -0.25) is 9.69 Å². The number of carbonyl (C=O) groups is 2. The third-order valence-electron chi connectivity index (χ3n) is 4.49. The van der Waals surface area contributed by atoms with Crippen LogP contribution in [0.4, 0.5) is 9.18 Å². The number of hydrogen-bond acceptors (Lipinski definition) is 4. The summed E-state index contributed by atoms with van der Waals surface area (Å²) in [7, 11) is 1.42. The van der Waals surface area contributed by atoms with Crippen molar-refractivity contribution < 1.29 is 14.0 Å². The summed E-state index contributed by atoms with van der Waals surface area (Å²) in [5.41, 5.74) is 0.433. The first-order chi connectivity index (χ1) is 12.2. The highest BCUT2D eigenvalue weighted by Crippen LogP contribution is 2.46. The largest absolute Gasteiger partial charge is 0.327 e. The van der Waals surface area contributed by atoms with E-state index in [1.54, 1.807) is 13.0 Å². The highest BCUT2D eigenvalue weighted by atomic mass is 35.5. The lowest BCUT2D eigenvalue weighted by Gasteiger charge is -2.37. The Morgan fingerprint density at radius 2 is 2.12 bits per heavy atom. The summed E-state index contributed by atoms with van der Waals surface area (Å²) in [6.45, 7) is 3.57. The lowest BCUT2D eigenvalue weighted by atomic mass is 9.92. The molecule has 1 aliphatic rings. The fourth-order valence-electron chi connectivity index (χ4n) is 2.91. The topological polar surface area (TPSA) is 73.2 Å². The molecule has 1 N–H and O–H groups in total. The molecule has 0 aliphatic carbocycles. The second kappa shape index (κ2) is 6.38. The second-order valence-electron chi connectivity index (χ2n) is 6.40. The third-order valence-corrected chi connectivity index (χ3v) is 6.68. The molecule has 1 aliphatic heterocycles. The van der Waals surface area contributed by atoms with E-state index in [1.807, 2.05) is 13.0 Å². The predicted octanol–water partition coefficient (Wildman–Crippen LogP) is 4.17. The molecule has 0 unspecified atom stereocenters. The lowest BCUT2D eigenvalue weighted by Crippen LogP contribution is -2.57. The standard InChI is InChI=1S/C18H15ClFN3O2S/c1-9-14(19)16(18(2)7-13(24)23(3)17(25)22-18)26-15(9)10-4-5-12(20)11(6-10)8-21/h4-6H,7H2,1-3H3,(H,22,25)/t18-/m0/s1. The summed E-state index contributed by atoms with van der Waals surface area (Å²) in [6, 6.07) is 5.62. The zero-order valence-corrected chi connectivity index (χ0v) is 15.9. The number of nitriles is 1. The number of carbonyl (C=O) groups excluding carboxylic acids is 2. The van der Waals surface area contributed by atoms with Crippen molar-refractivity contribution in [1.29, 1.82) is 5.26 Å². The number of hydrogen-bond donors (Lipinski definition) is 1.